The first-order chi connectivity index (χ1) is 17.1. The maximum absolute atomic E-state index is 12.3. The van der Waals surface area contributed by atoms with Crippen molar-refractivity contribution in [3.05, 3.63) is 0 Å². The summed E-state index contributed by atoms with van der Waals surface area (Å²) in [5.41, 5.74) is 0. The molecule has 0 bridgehead atoms. The zero-order chi connectivity index (χ0) is 25.6. The summed E-state index contributed by atoms with van der Waals surface area (Å²) < 4.78 is 5.45. The van der Waals surface area contributed by atoms with Crippen LogP contribution >= 0.6 is 0 Å². The van der Waals surface area contributed by atoms with E-state index < -0.39 is 0 Å². The molecule has 35 heavy (non-hydrogen) atoms. The van der Waals surface area contributed by atoms with Crippen LogP contribution in [0.4, 0.5) is 0 Å². The molecule has 1 heterocycles. The zero-order valence-corrected chi connectivity index (χ0v) is 23.7. The predicted octanol–water partition coefficient (Wildman–Crippen LogP) is 7.37. The number of unbranched alkanes of at least 4 members (excludes halogenated alkanes) is 15. The lowest BCUT2D eigenvalue weighted by molar-refractivity contribution is -0.148. The molecule has 1 amide bonds. The number of nitrogens with zero attached hydrogens (tertiary/aromatic N) is 2. The lowest BCUT2D eigenvalue weighted by Crippen LogP contribution is -2.28. The molecule has 1 rings (SSSR count). The van der Waals surface area contributed by atoms with Crippen molar-refractivity contribution in [2.45, 2.75) is 136 Å². The Morgan fingerprint density at radius 2 is 1.26 bits per heavy atom. The van der Waals surface area contributed by atoms with Crippen molar-refractivity contribution in [2.24, 2.45) is 5.92 Å². The Morgan fingerprint density at radius 1 is 0.771 bits per heavy atom. The quantitative estimate of drug-likeness (QED) is 0.104. The monoisotopic (exact) mass is 494 g/mol. The van der Waals surface area contributed by atoms with Crippen molar-refractivity contribution in [1.82, 2.24) is 9.80 Å². The van der Waals surface area contributed by atoms with E-state index >= 15 is 0 Å². The number of esters is 1. The number of hydrogen-bond acceptors (Lipinski definition) is 4. The molecule has 1 aliphatic heterocycles. The van der Waals surface area contributed by atoms with Crippen LogP contribution in [0.1, 0.15) is 136 Å². The molecule has 0 saturated carbocycles. The van der Waals surface area contributed by atoms with Gasteiger partial charge in [-0.1, -0.05) is 117 Å². The second-order valence-electron chi connectivity index (χ2n) is 10.6. The minimum Gasteiger partial charge on any atom is -0.465 e. The van der Waals surface area contributed by atoms with E-state index in [0.717, 1.165) is 39.0 Å². The molecule has 0 aromatic rings. The number of rotatable bonds is 24. The molecule has 5 nitrogen and oxygen atoms in total. The number of likely N-dealkylation sites (tertiary alicyclic amines) is 1. The van der Waals surface area contributed by atoms with Gasteiger partial charge < -0.3 is 14.5 Å². The van der Waals surface area contributed by atoms with Gasteiger partial charge >= 0.3 is 5.97 Å². The van der Waals surface area contributed by atoms with Gasteiger partial charge in [0.15, 0.2) is 0 Å². The van der Waals surface area contributed by atoms with E-state index in [2.05, 4.69) is 25.7 Å². The highest BCUT2D eigenvalue weighted by molar-refractivity contribution is 5.86. The van der Waals surface area contributed by atoms with Gasteiger partial charge in [0.2, 0.25) is 5.91 Å². The first-order valence-corrected chi connectivity index (χ1v) is 15.3. The Labute approximate surface area is 217 Å². The smallest absolute Gasteiger partial charge is 0.311 e. The first kappa shape index (κ1) is 31.9. The van der Waals surface area contributed by atoms with Crippen molar-refractivity contribution < 1.29 is 14.3 Å². The van der Waals surface area contributed by atoms with Gasteiger partial charge in [-0.3, -0.25) is 9.59 Å². The Balaban J connectivity index is 1.92. The third kappa shape index (κ3) is 16.3. The molecule has 1 saturated heterocycles. The summed E-state index contributed by atoms with van der Waals surface area (Å²) in [5.74, 6) is -0.333. The Hall–Kier alpha value is -1.10. The summed E-state index contributed by atoms with van der Waals surface area (Å²) in [4.78, 5) is 28.8. The van der Waals surface area contributed by atoms with Crippen LogP contribution in [-0.2, 0) is 14.3 Å². The van der Waals surface area contributed by atoms with E-state index in [4.69, 9.17) is 4.74 Å². The van der Waals surface area contributed by atoms with Crippen LogP contribution < -0.4 is 0 Å². The third-order valence-electron chi connectivity index (χ3n) is 7.59. The average molecular weight is 495 g/mol. The SMILES string of the molecule is CCCCCCCCCCCCCCCCCCN1CC(C(=O)OCCCN(CC)CC)CC1=O. The fourth-order valence-electron chi connectivity index (χ4n) is 5.12. The molecule has 5 heteroatoms. The van der Waals surface area contributed by atoms with Crippen LogP contribution in [0.25, 0.3) is 0 Å². The van der Waals surface area contributed by atoms with Crippen molar-refractivity contribution in [2.75, 3.05) is 39.3 Å². The van der Waals surface area contributed by atoms with Gasteiger partial charge in [0.05, 0.1) is 12.5 Å². The molecular formula is C30H58N2O3. The van der Waals surface area contributed by atoms with Gasteiger partial charge in [-0.25, -0.2) is 0 Å². The van der Waals surface area contributed by atoms with Crippen molar-refractivity contribution >= 4 is 11.9 Å². The topological polar surface area (TPSA) is 49.9 Å². The van der Waals surface area contributed by atoms with Gasteiger partial charge in [-0.15, -0.1) is 0 Å². The van der Waals surface area contributed by atoms with Crippen LogP contribution in [-0.4, -0.2) is 61.0 Å². The number of carbonyl (C=O) groups excluding carboxylic acids is 2. The fraction of sp³-hybridized carbons (Fsp3) is 0.933. The van der Waals surface area contributed by atoms with E-state index in [1.165, 1.54) is 96.3 Å². The van der Waals surface area contributed by atoms with Crippen molar-refractivity contribution in [3.8, 4) is 0 Å². The molecule has 1 atom stereocenters. The maximum atomic E-state index is 12.3. The molecular weight excluding hydrogens is 436 g/mol. The highest BCUT2D eigenvalue weighted by Crippen LogP contribution is 2.20. The first-order valence-electron chi connectivity index (χ1n) is 15.3. The standard InChI is InChI=1S/C30H58N2O3/c1-4-7-8-9-10-11-12-13-14-15-16-17-18-19-20-21-24-32-27-28(26-29(32)33)30(34)35-25-22-23-31(5-2)6-3/h28H,4-27H2,1-3H3. The van der Waals surface area contributed by atoms with E-state index in [0.29, 0.717) is 19.6 Å². The molecule has 0 aliphatic carbocycles. The van der Waals surface area contributed by atoms with Crippen molar-refractivity contribution in [1.29, 1.82) is 0 Å². The normalized spacial score (nSPS) is 15.9. The highest BCUT2D eigenvalue weighted by Gasteiger charge is 2.34. The summed E-state index contributed by atoms with van der Waals surface area (Å²) in [7, 11) is 0. The molecule has 1 unspecified atom stereocenters. The Kier molecular flexibility index (Phi) is 20.2. The Bertz CT molecular complexity index is 522. The number of amides is 1. The largest absolute Gasteiger partial charge is 0.465 e. The lowest BCUT2D eigenvalue weighted by Gasteiger charge is -2.18. The molecule has 0 N–H and O–H groups in total. The highest BCUT2D eigenvalue weighted by atomic mass is 16.5. The zero-order valence-electron chi connectivity index (χ0n) is 23.7. The van der Waals surface area contributed by atoms with Crippen LogP contribution in [0.15, 0.2) is 0 Å². The molecule has 0 aromatic heterocycles. The van der Waals surface area contributed by atoms with Crippen LogP contribution in [0.2, 0.25) is 0 Å². The summed E-state index contributed by atoms with van der Waals surface area (Å²) >= 11 is 0. The Morgan fingerprint density at radius 3 is 1.74 bits per heavy atom. The summed E-state index contributed by atoms with van der Waals surface area (Å²) in [5, 5.41) is 0. The van der Waals surface area contributed by atoms with Crippen LogP contribution in [0.5, 0.6) is 0 Å². The number of carbonyl (C=O) groups is 2. The molecule has 1 aliphatic rings. The van der Waals surface area contributed by atoms with E-state index in [9.17, 15) is 9.59 Å². The summed E-state index contributed by atoms with van der Waals surface area (Å²) in [6, 6.07) is 0. The van der Waals surface area contributed by atoms with Gasteiger partial charge in [-0.2, -0.15) is 0 Å². The van der Waals surface area contributed by atoms with Crippen LogP contribution in [0.3, 0.4) is 0 Å². The molecule has 1 fully saturated rings. The van der Waals surface area contributed by atoms with Crippen LogP contribution in [0, 0.1) is 5.92 Å². The molecule has 0 spiro atoms. The minimum atomic E-state index is -0.267. The van der Waals surface area contributed by atoms with Gasteiger partial charge in [0.1, 0.15) is 0 Å². The number of hydrogen-bond donors (Lipinski definition) is 0. The van der Waals surface area contributed by atoms with E-state index in [-0.39, 0.29) is 17.8 Å². The summed E-state index contributed by atoms with van der Waals surface area (Å²) in [6.45, 7) is 11.4. The van der Waals surface area contributed by atoms with Gasteiger partial charge in [-0.05, 0) is 25.9 Å². The average Bonchev–Trinajstić information content (AvgIpc) is 3.24. The van der Waals surface area contributed by atoms with Crippen molar-refractivity contribution in [3.63, 3.8) is 0 Å². The van der Waals surface area contributed by atoms with Gasteiger partial charge in [0.25, 0.3) is 0 Å². The molecule has 0 aromatic carbocycles. The fourth-order valence-corrected chi connectivity index (χ4v) is 5.12. The minimum absolute atomic E-state index is 0.121. The lowest BCUT2D eigenvalue weighted by atomic mass is 10.0. The second-order valence-corrected chi connectivity index (χ2v) is 10.6. The maximum Gasteiger partial charge on any atom is 0.311 e. The second kappa shape index (κ2) is 22.1. The van der Waals surface area contributed by atoms with Gasteiger partial charge in [0, 0.05) is 26.1 Å². The molecule has 206 valence electrons. The summed E-state index contributed by atoms with van der Waals surface area (Å²) in [6.07, 6.45) is 22.8. The third-order valence-corrected chi connectivity index (χ3v) is 7.59. The number of ether oxygens (including phenoxy) is 1. The van der Waals surface area contributed by atoms with E-state index in [1.54, 1.807) is 0 Å². The molecule has 0 radical (unpaired) electrons. The van der Waals surface area contributed by atoms with E-state index in [1.807, 2.05) is 4.90 Å². The predicted molar refractivity (Wildman–Crippen MR) is 148 cm³/mol.